The Labute approximate surface area is 150 Å². The third-order valence-corrected chi connectivity index (χ3v) is 4.14. The van der Waals surface area contributed by atoms with Crippen LogP contribution in [0.1, 0.15) is 35.5 Å². The molecule has 2 aromatic rings. The van der Waals surface area contributed by atoms with Crippen LogP contribution in [0.5, 0.6) is 5.75 Å². The molecule has 0 saturated carbocycles. The summed E-state index contributed by atoms with van der Waals surface area (Å²) in [6.07, 6.45) is 6.35. The summed E-state index contributed by atoms with van der Waals surface area (Å²) in [6, 6.07) is 3.23. The predicted molar refractivity (Wildman–Crippen MR) is 90.6 cm³/mol. The molecule has 1 aliphatic rings. The molecule has 7 nitrogen and oxygen atoms in total. The van der Waals surface area contributed by atoms with Gasteiger partial charge in [-0.25, -0.2) is 0 Å². The Morgan fingerprint density at radius 2 is 2.28 bits per heavy atom. The van der Waals surface area contributed by atoms with Gasteiger partial charge in [-0.15, -0.1) is 0 Å². The Balaban J connectivity index is 1.53. The predicted octanol–water partition coefficient (Wildman–Crippen LogP) is 2.94. The maximum Gasteiger partial charge on any atom is 0.275 e. The average Bonchev–Trinajstić information content (AvgIpc) is 3.09. The maximum absolute atomic E-state index is 12.4. The number of halogens is 1. The first-order chi connectivity index (χ1) is 12.1. The van der Waals surface area contributed by atoms with Gasteiger partial charge in [0, 0.05) is 38.5 Å². The van der Waals surface area contributed by atoms with Gasteiger partial charge in [0.15, 0.2) is 11.5 Å². The molecule has 0 N–H and O–H groups in total. The van der Waals surface area contributed by atoms with Gasteiger partial charge in [-0.1, -0.05) is 16.8 Å². The fourth-order valence-corrected chi connectivity index (χ4v) is 2.81. The number of likely N-dealkylation sites (N-methyl/N-ethyl adjacent to an activating group) is 1. The minimum absolute atomic E-state index is 0.0905. The first-order valence-electron chi connectivity index (χ1n) is 8.18. The normalized spacial score (nSPS) is 17.3. The zero-order chi connectivity index (χ0) is 17.6. The van der Waals surface area contributed by atoms with Crippen LogP contribution in [0.2, 0.25) is 5.02 Å². The number of pyridine rings is 1. The molecule has 3 heterocycles. The molecule has 0 bridgehead atoms. The largest absolute Gasteiger partial charge is 0.484 e. The first-order valence-corrected chi connectivity index (χ1v) is 8.55. The number of rotatable bonds is 6. The quantitative estimate of drug-likeness (QED) is 0.783. The third-order valence-electron chi connectivity index (χ3n) is 3.94. The second kappa shape index (κ2) is 8.31. The van der Waals surface area contributed by atoms with E-state index < -0.39 is 0 Å². The molecule has 8 heteroatoms. The highest BCUT2D eigenvalue weighted by molar-refractivity contribution is 6.30. The third kappa shape index (κ3) is 4.93. The lowest BCUT2D eigenvalue weighted by molar-refractivity contribution is -0.000360. The number of aromatic nitrogens is 2. The minimum atomic E-state index is -0.200. The highest BCUT2D eigenvalue weighted by Crippen LogP contribution is 2.18. The van der Waals surface area contributed by atoms with Crippen LogP contribution in [-0.2, 0) is 11.3 Å². The molecule has 1 atom stereocenters. The molecule has 1 saturated heterocycles. The van der Waals surface area contributed by atoms with Crippen molar-refractivity contribution in [3.8, 4) is 5.75 Å². The second-order valence-corrected chi connectivity index (χ2v) is 6.42. The number of nitrogens with zero attached hydrogens (tertiary/aromatic N) is 3. The summed E-state index contributed by atoms with van der Waals surface area (Å²) in [7, 11) is 1.74. The summed E-state index contributed by atoms with van der Waals surface area (Å²) in [5.41, 5.74) is 0.251. The topological polar surface area (TPSA) is 77.7 Å². The van der Waals surface area contributed by atoms with Crippen molar-refractivity contribution in [1.29, 1.82) is 0 Å². The van der Waals surface area contributed by atoms with Gasteiger partial charge in [-0.05, 0) is 19.3 Å². The van der Waals surface area contributed by atoms with Gasteiger partial charge in [0.05, 0.1) is 17.3 Å². The van der Waals surface area contributed by atoms with Crippen LogP contribution in [0.4, 0.5) is 0 Å². The van der Waals surface area contributed by atoms with Crippen LogP contribution in [0, 0.1) is 0 Å². The lowest BCUT2D eigenvalue weighted by atomic mass is 10.1. The van der Waals surface area contributed by atoms with Crippen LogP contribution in [0.15, 0.2) is 29.0 Å². The highest BCUT2D eigenvalue weighted by Gasteiger charge is 2.22. The van der Waals surface area contributed by atoms with E-state index in [4.69, 9.17) is 25.6 Å². The van der Waals surface area contributed by atoms with Crippen LogP contribution in [0.3, 0.4) is 0 Å². The monoisotopic (exact) mass is 365 g/mol. The lowest BCUT2D eigenvalue weighted by Gasteiger charge is -2.26. The van der Waals surface area contributed by atoms with Gasteiger partial charge in [-0.2, -0.15) is 0 Å². The van der Waals surface area contributed by atoms with E-state index in [2.05, 4.69) is 10.1 Å². The van der Waals surface area contributed by atoms with Gasteiger partial charge in [-0.3, -0.25) is 9.78 Å². The zero-order valence-corrected chi connectivity index (χ0v) is 14.7. The number of hydrogen-bond donors (Lipinski definition) is 0. The van der Waals surface area contributed by atoms with Crippen molar-refractivity contribution in [2.75, 3.05) is 20.2 Å². The molecule has 0 aliphatic carbocycles. The minimum Gasteiger partial charge on any atom is -0.484 e. The molecule has 0 spiro atoms. The van der Waals surface area contributed by atoms with Crippen molar-refractivity contribution >= 4 is 17.5 Å². The summed E-state index contributed by atoms with van der Waals surface area (Å²) in [6.45, 7) is 1.44. The Kier molecular flexibility index (Phi) is 5.88. The maximum atomic E-state index is 12.4. The van der Waals surface area contributed by atoms with Crippen molar-refractivity contribution in [2.45, 2.75) is 32.0 Å². The van der Waals surface area contributed by atoms with E-state index in [9.17, 15) is 4.79 Å². The molecule has 0 radical (unpaired) electrons. The van der Waals surface area contributed by atoms with Crippen molar-refractivity contribution in [2.24, 2.45) is 0 Å². The van der Waals surface area contributed by atoms with Gasteiger partial charge in [0.2, 0.25) is 0 Å². The number of hydrogen-bond acceptors (Lipinski definition) is 6. The summed E-state index contributed by atoms with van der Waals surface area (Å²) in [5.74, 6) is 0.766. The number of carbonyl (C=O) groups excluding carboxylic acids is 1. The summed E-state index contributed by atoms with van der Waals surface area (Å²) in [5, 5.41) is 4.32. The first kappa shape index (κ1) is 17.7. The fraction of sp³-hybridized carbons (Fsp3) is 0.471. The molecule has 1 aliphatic heterocycles. The molecular formula is C17H20ClN3O4. The standard InChI is InChI=1S/C17H20ClN3O4/c1-21(10-13-4-2-3-5-23-13)17(22)16-7-15(25-20-16)11-24-14-6-12(18)8-19-9-14/h6-9,13H,2-5,10-11H2,1H3. The zero-order valence-electron chi connectivity index (χ0n) is 14.0. The van der Waals surface area contributed by atoms with Gasteiger partial charge < -0.3 is 18.9 Å². The van der Waals surface area contributed by atoms with E-state index in [1.807, 2.05) is 0 Å². The SMILES string of the molecule is CN(CC1CCCCO1)C(=O)c1cc(COc2cncc(Cl)c2)on1. The van der Waals surface area contributed by atoms with E-state index in [-0.39, 0.29) is 24.3 Å². The van der Waals surface area contributed by atoms with Crippen molar-refractivity contribution in [3.05, 3.63) is 41.0 Å². The van der Waals surface area contributed by atoms with Gasteiger partial charge in [0.1, 0.15) is 12.4 Å². The van der Waals surface area contributed by atoms with Crippen molar-refractivity contribution in [3.63, 3.8) is 0 Å². The van der Waals surface area contributed by atoms with E-state index in [1.54, 1.807) is 30.3 Å². The van der Waals surface area contributed by atoms with Crippen LogP contribution >= 0.6 is 11.6 Å². The molecule has 25 heavy (non-hydrogen) atoms. The number of carbonyl (C=O) groups is 1. The fourth-order valence-electron chi connectivity index (χ4n) is 2.64. The molecule has 1 fully saturated rings. The van der Waals surface area contributed by atoms with E-state index in [1.165, 1.54) is 6.20 Å². The van der Waals surface area contributed by atoms with Gasteiger partial charge in [0.25, 0.3) is 5.91 Å². The van der Waals surface area contributed by atoms with Crippen LogP contribution in [0.25, 0.3) is 0 Å². The summed E-state index contributed by atoms with van der Waals surface area (Å²) in [4.78, 5) is 18.0. The Morgan fingerprint density at radius 1 is 1.40 bits per heavy atom. The molecule has 3 rings (SSSR count). The molecule has 2 aromatic heterocycles. The molecule has 1 unspecified atom stereocenters. The Bertz CT molecular complexity index is 715. The molecule has 134 valence electrons. The number of amides is 1. The van der Waals surface area contributed by atoms with Gasteiger partial charge >= 0.3 is 0 Å². The van der Waals surface area contributed by atoms with Crippen molar-refractivity contribution in [1.82, 2.24) is 15.0 Å². The smallest absolute Gasteiger partial charge is 0.275 e. The highest BCUT2D eigenvalue weighted by atomic mass is 35.5. The van der Waals surface area contributed by atoms with Crippen LogP contribution < -0.4 is 4.74 Å². The molecule has 1 amide bonds. The van der Waals surface area contributed by atoms with Crippen LogP contribution in [-0.4, -0.2) is 47.3 Å². The molecular weight excluding hydrogens is 346 g/mol. The summed E-state index contributed by atoms with van der Waals surface area (Å²) >= 11 is 5.85. The Hall–Kier alpha value is -2.12. The average molecular weight is 366 g/mol. The number of ether oxygens (including phenoxy) is 2. The summed E-state index contributed by atoms with van der Waals surface area (Å²) < 4.78 is 16.4. The van der Waals surface area contributed by atoms with E-state index in [0.717, 1.165) is 25.9 Å². The Morgan fingerprint density at radius 3 is 3.04 bits per heavy atom. The lowest BCUT2D eigenvalue weighted by Crippen LogP contribution is -2.37. The van der Waals surface area contributed by atoms with E-state index in [0.29, 0.717) is 23.1 Å². The van der Waals surface area contributed by atoms with Crippen molar-refractivity contribution < 1.29 is 18.8 Å². The molecule has 0 aromatic carbocycles. The van der Waals surface area contributed by atoms with E-state index >= 15 is 0 Å². The second-order valence-electron chi connectivity index (χ2n) is 5.98.